The van der Waals surface area contributed by atoms with Crippen molar-refractivity contribution in [2.75, 3.05) is 0 Å². The lowest BCUT2D eigenvalue weighted by Crippen LogP contribution is -2.10. The molecule has 0 saturated heterocycles. The summed E-state index contributed by atoms with van der Waals surface area (Å²) in [7, 11) is 0. The number of rotatable bonds is 1. The summed E-state index contributed by atoms with van der Waals surface area (Å²) in [6, 6.07) is 21.3. The Morgan fingerprint density at radius 2 is 1.68 bits per heavy atom. The van der Waals surface area contributed by atoms with Crippen molar-refractivity contribution in [3.63, 3.8) is 0 Å². The number of aromatic hydroxyl groups is 2. The van der Waals surface area contributed by atoms with Crippen molar-refractivity contribution >= 4 is 49.9 Å². The molecule has 2 N–H and O–H groups in total. The fourth-order valence-electron chi connectivity index (χ4n) is 5.00. The van der Waals surface area contributed by atoms with Crippen LogP contribution in [0, 0.1) is 0 Å². The third kappa shape index (κ3) is 2.47. The van der Waals surface area contributed by atoms with E-state index in [-0.39, 0.29) is 16.9 Å². The third-order valence-electron chi connectivity index (χ3n) is 6.41. The van der Waals surface area contributed by atoms with Crippen molar-refractivity contribution in [3.05, 3.63) is 89.0 Å². The molecule has 1 aliphatic rings. The Morgan fingerprint density at radius 1 is 0.871 bits per heavy atom. The van der Waals surface area contributed by atoms with E-state index in [2.05, 4.69) is 42.7 Å². The van der Waals surface area contributed by atoms with Crippen LogP contribution >= 0.6 is 11.6 Å². The normalized spacial score (nSPS) is 15.0. The topological polar surface area (TPSA) is 45.4 Å². The van der Waals surface area contributed by atoms with E-state index >= 15 is 0 Å². The lowest BCUT2D eigenvalue weighted by atomic mass is 9.86. The van der Waals surface area contributed by atoms with Crippen molar-refractivity contribution in [3.8, 4) is 11.5 Å². The van der Waals surface area contributed by atoms with Crippen LogP contribution < -0.4 is 0 Å². The molecule has 6 rings (SSSR count). The van der Waals surface area contributed by atoms with Gasteiger partial charge in [-0.05, 0) is 64.9 Å². The van der Waals surface area contributed by atoms with E-state index < -0.39 is 0 Å². The van der Waals surface area contributed by atoms with Crippen molar-refractivity contribution in [1.82, 2.24) is 4.57 Å². The van der Waals surface area contributed by atoms with E-state index in [1.807, 2.05) is 24.3 Å². The first-order valence-electron chi connectivity index (χ1n) is 10.3. The summed E-state index contributed by atoms with van der Waals surface area (Å²) in [5, 5.41) is 25.1. The summed E-state index contributed by atoms with van der Waals surface area (Å²) in [5.74, 6) is 0.488. The Morgan fingerprint density at radius 3 is 2.52 bits per heavy atom. The Kier molecular flexibility index (Phi) is 3.58. The molecule has 4 heteroatoms. The number of hydrogen-bond donors (Lipinski definition) is 2. The molecule has 31 heavy (non-hydrogen) atoms. The first-order valence-corrected chi connectivity index (χ1v) is 10.6. The van der Waals surface area contributed by atoms with Crippen molar-refractivity contribution in [1.29, 1.82) is 0 Å². The average Bonchev–Trinajstić information content (AvgIpc) is 3.22. The summed E-state index contributed by atoms with van der Waals surface area (Å²) in [6.07, 6.45) is 2.27. The predicted molar refractivity (Wildman–Crippen MR) is 128 cm³/mol. The molecule has 0 saturated carbocycles. The van der Waals surface area contributed by atoms with Crippen LogP contribution in [0.1, 0.15) is 25.0 Å². The highest BCUT2D eigenvalue weighted by atomic mass is 35.5. The molecule has 152 valence electrons. The van der Waals surface area contributed by atoms with Gasteiger partial charge in [-0.15, -0.1) is 0 Å². The number of allylic oxidation sites excluding steroid dienone is 1. The number of nitrogens with zero attached hydrogens (tertiary/aromatic N) is 1. The number of fused-ring (bicyclic) bond motifs is 5. The van der Waals surface area contributed by atoms with Crippen LogP contribution in [-0.4, -0.2) is 14.8 Å². The Hall–Kier alpha value is -3.43. The summed E-state index contributed by atoms with van der Waals surface area (Å²) in [5.41, 5.74) is 4.98. The standard InChI is InChI=1S/C27H20ClNO2/c1-27(2)14-23(19-12-15-7-8-17(30)11-16(15)13-20(19)27)29-22-6-4-3-5-18(22)25-24(31)10-9-21(28)26(25)29/h3-14,30-31H,1-2H3. The van der Waals surface area contributed by atoms with Gasteiger partial charge in [0, 0.05) is 16.4 Å². The Labute approximate surface area is 184 Å². The highest BCUT2D eigenvalue weighted by Crippen LogP contribution is 2.48. The lowest BCUT2D eigenvalue weighted by molar-refractivity contribution is 0.476. The average molecular weight is 426 g/mol. The maximum absolute atomic E-state index is 10.7. The zero-order chi connectivity index (χ0) is 21.5. The first-order chi connectivity index (χ1) is 14.8. The molecular formula is C27H20ClNO2. The van der Waals surface area contributed by atoms with Gasteiger partial charge in [0.2, 0.25) is 0 Å². The number of hydrogen-bond acceptors (Lipinski definition) is 2. The molecule has 0 aliphatic heterocycles. The van der Waals surface area contributed by atoms with Crippen LogP contribution in [0.4, 0.5) is 0 Å². The third-order valence-corrected chi connectivity index (χ3v) is 6.72. The number of benzene rings is 4. The predicted octanol–water partition coefficient (Wildman–Crippen LogP) is 7.19. The number of aromatic nitrogens is 1. The van der Waals surface area contributed by atoms with Gasteiger partial charge in [-0.1, -0.05) is 49.7 Å². The second kappa shape index (κ2) is 6.05. The molecule has 1 aliphatic carbocycles. The van der Waals surface area contributed by atoms with Gasteiger partial charge in [-0.2, -0.15) is 0 Å². The van der Waals surface area contributed by atoms with E-state index in [0.717, 1.165) is 43.8 Å². The van der Waals surface area contributed by atoms with Gasteiger partial charge in [-0.25, -0.2) is 0 Å². The largest absolute Gasteiger partial charge is 0.508 e. The summed E-state index contributed by atoms with van der Waals surface area (Å²) in [4.78, 5) is 0. The van der Waals surface area contributed by atoms with E-state index in [9.17, 15) is 10.2 Å². The molecule has 0 atom stereocenters. The maximum atomic E-state index is 10.7. The Balaban J connectivity index is 1.76. The second-order valence-electron chi connectivity index (χ2n) is 8.82. The van der Waals surface area contributed by atoms with Crippen LogP contribution in [0.25, 0.3) is 38.3 Å². The molecular weight excluding hydrogens is 406 g/mol. The minimum absolute atomic E-state index is 0.203. The van der Waals surface area contributed by atoms with E-state index in [1.54, 1.807) is 24.3 Å². The molecule has 4 aromatic carbocycles. The van der Waals surface area contributed by atoms with Crippen LogP contribution in [0.3, 0.4) is 0 Å². The molecule has 1 aromatic heterocycles. The van der Waals surface area contributed by atoms with Crippen molar-refractivity contribution < 1.29 is 10.2 Å². The number of phenols is 2. The first kappa shape index (κ1) is 18.3. The number of halogens is 1. The zero-order valence-electron chi connectivity index (χ0n) is 17.1. The molecule has 1 heterocycles. The molecule has 0 amide bonds. The quantitative estimate of drug-likeness (QED) is 0.298. The highest BCUT2D eigenvalue weighted by Gasteiger charge is 2.33. The maximum Gasteiger partial charge on any atom is 0.125 e. The van der Waals surface area contributed by atoms with E-state index in [1.165, 1.54) is 5.56 Å². The van der Waals surface area contributed by atoms with Gasteiger partial charge in [0.05, 0.1) is 27.1 Å². The van der Waals surface area contributed by atoms with Crippen molar-refractivity contribution in [2.45, 2.75) is 19.3 Å². The van der Waals surface area contributed by atoms with Gasteiger partial charge < -0.3 is 14.8 Å². The summed E-state index contributed by atoms with van der Waals surface area (Å²) >= 11 is 6.71. The van der Waals surface area contributed by atoms with Crippen LogP contribution in [0.15, 0.2) is 72.8 Å². The van der Waals surface area contributed by atoms with Crippen LogP contribution in [-0.2, 0) is 5.41 Å². The van der Waals surface area contributed by atoms with Crippen LogP contribution in [0.2, 0.25) is 5.02 Å². The minimum atomic E-state index is -0.203. The van der Waals surface area contributed by atoms with Gasteiger partial charge in [-0.3, -0.25) is 0 Å². The zero-order valence-corrected chi connectivity index (χ0v) is 17.9. The van der Waals surface area contributed by atoms with E-state index in [4.69, 9.17) is 11.6 Å². The SMILES string of the molecule is CC1(C)C=C(n2c3ccccc3c3c(O)ccc(Cl)c32)c2cc3ccc(O)cc3cc21. The number of phenolic OH excluding ortho intramolecular Hbond substituents is 2. The molecule has 3 nitrogen and oxygen atoms in total. The molecule has 5 aromatic rings. The summed E-state index contributed by atoms with van der Waals surface area (Å²) < 4.78 is 2.17. The van der Waals surface area contributed by atoms with Crippen LogP contribution in [0.5, 0.6) is 11.5 Å². The molecule has 0 unspecified atom stereocenters. The highest BCUT2D eigenvalue weighted by molar-refractivity contribution is 6.37. The minimum Gasteiger partial charge on any atom is -0.508 e. The number of para-hydroxylation sites is 1. The van der Waals surface area contributed by atoms with Gasteiger partial charge in [0.1, 0.15) is 11.5 Å². The fourth-order valence-corrected chi connectivity index (χ4v) is 5.24. The van der Waals surface area contributed by atoms with Crippen molar-refractivity contribution in [2.24, 2.45) is 0 Å². The Bertz CT molecular complexity index is 1590. The molecule has 0 bridgehead atoms. The smallest absolute Gasteiger partial charge is 0.125 e. The monoisotopic (exact) mass is 425 g/mol. The molecule has 0 fully saturated rings. The van der Waals surface area contributed by atoms with E-state index in [0.29, 0.717) is 5.02 Å². The molecule has 0 spiro atoms. The van der Waals surface area contributed by atoms with Gasteiger partial charge in [0.25, 0.3) is 0 Å². The second-order valence-corrected chi connectivity index (χ2v) is 9.23. The van der Waals surface area contributed by atoms with Gasteiger partial charge in [0.15, 0.2) is 0 Å². The van der Waals surface area contributed by atoms with Gasteiger partial charge >= 0.3 is 0 Å². The lowest BCUT2D eigenvalue weighted by Gasteiger charge is -2.18. The molecule has 0 radical (unpaired) electrons. The fraction of sp³-hybridized carbons (Fsp3) is 0.111. The summed E-state index contributed by atoms with van der Waals surface area (Å²) in [6.45, 7) is 4.39.